The number of aryl methyl sites for hydroxylation is 1. The summed E-state index contributed by atoms with van der Waals surface area (Å²) < 4.78 is 33.4. The largest absolute Gasteiger partial charge is 0.378 e. The van der Waals surface area contributed by atoms with Gasteiger partial charge >= 0.3 is 0 Å². The zero-order valence-corrected chi connectivity index (χ0v) is 19.2. The number of carbonyl (C=O) groups is 1. The van der Waals surface area contributed by atoms with Crippen molar-refractivity contribution < 1.29 is 17.9 Å². The summed E-state index contributed by atoms with van der Waals surface area (Å²) in [7, 11) is -3.83. The minimum Gasteiger partial charge on any atom is -0.378 e. The number of aromatic nitrogens is 2. The van der Waals surface area contributed by atoms with E-state index in [2.05, 4.69) is 24.9 Å². The van der Waals surface area contributed by atoms with E-state index in [-0.39, 0.29) is 10.7 Å². The fourth-order valence-electron chi connectivity index (χ4n) is 3.41. The van der Waals surface area contributed by atoms with E-state index in [9.17, 15) is 13.2 Å². The normalized spacial score (nSPS) is 14.1. The number of hydrogen-bond donors (Lipinski definition) is 2. The number of morpholine rings is 1. The molecule has 0 saturated carbocycles. The molecule has 3 aromatic rings. The van der Waals surface area contributed by atoms with Gasteiger partial charge in [0.2, 0.25) is 5.95 Å². The molecular formula is C23H25N5O4S. The molecule has 4 rings (SSSR count). The molecule has 2 aromatic carbocycles. The zero-order chi connectivity index (χ0) is 23.4. The summed E-state index contributed by atoms with van der Waals surface area (Å²) in [4.78, 5) is 22.8. The van der Waals surface area contributed by atoms with Gasteiger partial charge < -0.3 is 15.0 Å². The smallest absolute Gasteiger partial charge is 0.261 e. The average molecular weight is 468 g/mol. The molecule has 9 nitrogen and oxygen atoms in total. The van der Waals surface area contributed by atoms with Crippen molar-refractivity contribution in [1.29, 1.82) is 0 Å². The van der Waals surface area contributed by atoms with E-state index in [0.29, 0.717) is 30.4 Å². The lowest BCUT2D eigenvalue weighted by Crippen LogP contribution is -2.36. The van der Waals surface area contributed by atoms with Crippen molar-refractivity contribution in [2.24, 2.45) is 0 Å². The Labute approximate surface area is 192 Å². The second-order valence-corrected chi connectivity index (χ2v) is 9.36. The topological polar surface area (TPSA) is 114 Å². The maximum Gasteiger partial charge on any atom is 0.261 e. The van der Waals surface area contributed by atoms with Crippen LogP contribution in [0.2, 0.25) is 0 Å². The van der Waals surface area contributed by atoms with Crippen LogP contribution in [0.5, 0.6) is 0 Å². The lowest BCUT2D eigenvalue weighted by atomic mass is 10.2. The highest BCUT2D eigenvalue weighted by molar-refractivity contribution is 7.92. The van der Waals surface area contributed by atoms with Gasteiger partial charge in [0.15, 0.2) is 5.78 Å². The van der Waals surface area contributed by atoms with Gasteiger partial charge in [0.25, 0.3) is 10.0 Å². The molecule has 2 N–H and O–H groups in total. The Bertz CT molecular complexity index is 1260. The highest BCUT2D eigenvalue weighted by Gasteiger charge is 2.16. The Balaban J connectivity index is 1.47. The number of rotatable bonds is 7. The van der Waals surface area contributed by atoms with Crippen molar-refractivity contribution in [3.8, 4) is 0 Å². The Morgan fingerprint density at radius 3 is 2.39 bits per heavy atom. The number of nitrogens with one attached hydrogen (secondary N) is 2. The third-order valence-corrected chi connectivity index (χ3v) is 6.50. The molecule has 0 aliphatic carbocycles. The predicted molar refractivity (Wildman–Crippen MR) is 127 cm³/mol. The molecule has 0 spiro atoms. The number of sulfonamides is 1. The van der Waals surface area contributed by atoms with E-state index in [1.54, 1.807) is 36.4 Å². The van der Waals surface area contributed by atoms with Crippen molar-refractivity contribution in [3.63, 3.8) is 0 Å². The second-order valence-electron chi connectivity index (χ2n) is 7.68. The minimum atomic E-state index is -3.83. The van der Waals surface area contributed by atoms with Crippen LogP contribution in [0.3, 0.4) is 0 Å². The first kappa shape index (κ1) is 22.7. The monoisotopic (exact) mass is 467 g/mol. The molecule has 0 radical (unpaired) electrons. The molecule has 0 bridgehead atoms. The van der Waals surface area contributed by atoms with Gasteiger partial charge in [0.1, 0.15) is 5.82 Å². The van der Waals surface area contributed by atoms with E-state index in [1.165, 1.54) is 19.1 Å². The van der Waals surface area contributed by atoms with Crippen LogP contribution in [0.15, 0.2) is 59.5 Å². The number of anilines is 4. The van der Waals surface area contributed by atoms with Crippen LogP contribution >= 0.6 is 0 Å². The van der Waals surface area contributed by atoms with Crippen molar-refractivity contribution >= 4 is 38.9 Å². The van der Waals surface area contributed by atoms with E-state index in [0.717, 1.165) is 30.3 Å². The molecule has 0 atom stereocenters. The maximum absolute atomic E-state index is 12.7. The molecular weight excluding hydrogens is 442 g/mol. The number of hydrogen-bond acceptors (Lipinski definition) is 8. The van der Waals surface area contributed by atoms with Crippen LogP contribution in [0.1, 0.15) is 23.0 Å². The molecule has 0 amide bonds. The van der Waals surface area contributed by atoms with Crippen LogP contribution in [-0.2, 0) is 14.8 Å². The number of benzene rings is 2. The lowest BCUT2D eigenvalue weighted by molar-refractivity contribution is 0.101. The molecule has 1 saturated heterocycles. The Morgan fingerprint density at radius 2 is 1.70 bits per heavy atom. The third-order valence-electron chi connectivity index (χ3n) is 5.12. The average Bonchev–Trinajstić information content (AvgIpc) is 2.80. The molecule has 1 aromatic heterocycles. The molecule has 1 aliphatic heterocycles. The standard InChI is InChI=1S/C23H25N5O4S/c1-16-14-22(28-10-12-32-13-11-28)26-23(24-16)25-19-6-8-20(9-7-19)27-33(30,31)21-5-3-4-18(15-21)17(2)29/h3-9,14-15,27H,10-13H2,1-2H3,(H,24,25,26). The minimum absolute atomic E-state index is 0.0289. The van der Waals surface area contributed by atoms with Gasteiger partial charge in [-0.2, -0.15) is 4.98 Å². The van der Waals surface area contributed by atoms with Gasteiger partial charge in [-0.3, -0.25) is 9.52 Å². The van der Waals surface area contributed by atoms with Gasteiger partial charge in [-0.25, -0.2) is 13.4 Å². The number of nitrogens with zero attached hydrogens (tertiary/aromatic N) is 3. The highest BCUT2D eigenvalue weighted by Crippen LogP contribution is 2.22. The zero-order valence-electron chi connectivity index (χ0n) is 18.4. The molecule has 33 heavy (non-hydrogen) atoms. The van der Waals surface area contributed by atoms with Crippen molar-refractivity contribution in [1.82, 2.24) is 9.97 Å². The SMILES string of the molecule is CC(=O)c1cccc(S(=O)(=O)Nc2ccc(Nc3nc(C)cc(N4CCOCC4)n3)cc2)c1. The molecule has 10 heteroatoms. The van der Waals surface area contributed by atoms with Crippen LogP contribution in [0.4, 0.5) is 23.1 Å². The Kier molecular flexibility index (Phi) is 6.57. The van der Waals surface area contributed by atoms with E-state index in [1.807, 2.05) is 13.0 Å². The van der Waals surface area contributed by atoms with Crippen LogP contribution in [0.25, 0.3) is 0 Å². The molecule has 0 unspecified atom stereocenters. The molecule has 172 valence electrons. The van der Waals surface area contributed by atoms with Crippen molar-refractivity contribution in [2.75, 3.05) is 41.2 Å². The third kappa shape index (κ3) is 5.65. The van der Waals surface area contributed by atoms with Gasteiger partial charge in [-0.15, -0.1) is 0 Å². The first-order valence-corrected chi connectivity index (χ1v) is 12.0. The summed E-state index contributed by atoms with van der Waals surface area (Å²) in [5.74, 6) is 1.11. The van der Waals surface area contributed by atoms with Crippen LogP contribution < -0.4 is 14.9 Å². The number of ether oxygens (including phenoxy) is 1. The van der Waals surface area contributed by atoms with Crippen molar-refractivity contribution in [2.45, 2.75) is 18.7 Å². The summed E-state index contributed by atoms with van der Waals surface area (Å²) in [5.41, 5.74) is 2.29. The Morgan fingerprint density at radius 1 is 1.00 bits per heavy atom. The number of ketones is 1. The van der Waals surface area contributed by atoms with E-state index in [4.69, 9.17) is 4.74 Å². The first-order chi connectivity index (χ1) is 15.8. The fraction of sp³-hybridized carbons (Fsp3) is 0.261. The number of Topliss-reactive ketones (excluding diaryl/α,β-unsaturated/α-hetero) is 1. The van der Waals surface area contributed by atoms with Crippen LogP contribution in [0, 0.1) is 6.92 Å². The van der Waals surface area contributed by atoms with Gasteiger partial charge in [-0.05, 0) is 50.2 Å². The Hall–Kier alpha value is -3.50. The summed E-state index contributed by atoms with van der Waals surface area (Å²) in [6.07, 6.45) is 0. The molecule has 1 fully saturated rings. The predicted octanol–water partition coefficient (Wildman–Crippen LogP) is 3.37. The quantitative estimate of drug-likeness (QED) is 0.509. The number of carbonyl (C=O) groups excluding carboxylic acids is 1. The highest BCUT2D eigenvalue weighted by atomic mass is 32.2. The summed E-state index contributed by atoms with van der Waals surface area (Å²) >= 11 is 0. The molecule has 2 heterocycles. The summed E-state index contributed by atoms with van der Waals surface area (Å²) in [6, 6.07) is 14.7. The lowest BCUT2D eigenvalue weighted by Gasteiger charge is -2.28. The van der Waals surface area contributed by atoms with Crippen LogP contribution in [-0.4, -0.2) is 50.5 Å². The second kappa shape index (κ2) is 9.55. The van der Waals surface area contributed by atoms with Gasteiger partial charge in [0, 0.05) is 41.8 Å². The van der Waals surface area contributed by atoms with E-state index < -0.39 is 10.0 Å². The fourth-order valence-corrected chi connectivity index (χ4v) is 4.51. The van der Waals surface area contributed by atoms with E-state index >= 15 is 0 Å². The van der Waals surface area contributed by atoms with Gasteiger partial charge in [-0.1, -0.05) is 12.1 Å². The summed E-state index contributed by atoms with van der Waals surface area (Å²) in [6.45, 7) is 6.20. The van der Waals surface area contributed by atoms with Gasteiger partial charge in [0.05, 0.1) is 18.1 Å². The molecule has 1 aliphatic rings. The maximum atomic E-state index is 12.7. The summed E-state index contributed by atoms with van der Waals surface area (Å²) in [5, 5.41) is 3.17. The van der Waals surface area contributed by atoms with Crippen molar-refractivity contribution in [3.05, 3.63) is 65.9 Å². The first-order valence-electron chi connectivity index (χ1n) is 10.5.